The molecule has 5 heteroatoms. The monoisotopic (exact) mass is 256 g/mol. The third-order valence-electron chi connectivity index (χ3n) is 2.81. The molecule has 0 radical (unpaired) electrons. The molecule has 2 aromatic rings. The lowest BCUT2D eigenvalue weighted by Gasteiger charge is -2.13. The van der Waals surface area contributed by atoms with Crippen LogP contribution in [-0.4, -0.2) is 22.9 Å². The zero-order valence-electron chi connectivity index (χ0n) is 10.9. The summed E-state index contributed by atoms with van der Waals surface area (Å²) in [5.41, 5.74) is 1.50. The molecular weight excluding hydrogens is 240 g/mol. The Morgan fingerprint density at radius 1 is 1.26 bits per heavy atom. The fourth-order valence-corrected chi connectivity index (χ4v) is 1.67. The highest BCUT2D eigenvalue weighted by molar-refractivity contribution is 5.94. The van der Waals surface area contributed by atoms with Crippen molar-refractivity contribution < 1.29 is 4.79 Å². The molecule has 0 aliphatic heterocycles. The molecule has 0 saturated carbocycles. The maximum absolute atomic E-state index is 12.0. The van der Waals surface area contributed by atoms with Crippen molar-refractivity contribution in [3.05, 3.63) is 54.0 Å². The van der Waals surface area contributed by atoms with Crippen LogP contribution in [0.15, 0.2) is 42.9 Å². The Bertz CT molecular complexity index is 539. The average Bonchev–Trinajstić information content (AvgIpc) is 2.48. The van der Waals surface area contributed by atoms with Crippen molar-refractivity contribution in [1.82, 2.24) is 15.3 Å². The highest BCUT2D eigenvalue weighted by Gasteiger charge is 2.11. The normalized spacial score (nSPS) is 11.7. The Kier molecular flexibility index (Phi) is 4.07. The molecule has 2 rings (SSSR count). The number of pyridine rings is 2. The Balaban J connectivity index is 2.04. The smallest absolute Gasteiger partial charge is 0.253 e. The van der Waals surface area contributed by atoms with Gasteiger partial charge in [-0.05, 0) is 30.7 Å². The van der Waals surface area contributed by atoms with Crippen LogP contribution >= 0.6 is 0 Å². The van der Waals surface area contributed by atoms with E-state index in [-0.39, 0.29) is 11.9 Å². The van der Waals surface area contributed by atoms with Gasteiger partial charge >= 0.3 is 0 Å². The summed E-state index contributed by atoms with van der Waals surface area (Å²) in [7, 11) is 1.78. The molecule has 2 heterocycles. The molecule has 0 spiro atoms. The van der Waals surface area contributed by atoms with Crippen LogP contribution in [-0.2, 0) is 0 Å². The molecule has 0 saturated heterocycles. The van der Waals surface area contributed by atoms with E-state index >= 15 is 0 Å². The minimum Gasteiger partial charge on any atom is -0.373 e. The number of carbonyl (C=O) groups excluding carboxylic acids is 1. The summed E-state index contributed by atoms with van der Waals surface area (Å²) in [5.74, 6) is 0.586. The molecular formula is C14H16N4O. The summed E-state index contributed by atoms with van der Waals surface area (Å²) in [6.45, 7) is 1.92. The number of rotatable bonds is 4. The first kappa shape index (κ1) is 13.0. The topological polar surface area (TPSA) is 66.9 Å². The van der Waals surface area contributed by atoms with E-state index in [2.05, 4.69) is 20.6 Å². The van der Waals surface area contributed by atoms with E-state index in [1.807, 2.05) is 19.1 Å². The SMILES string of the molecule is CNc1ccc(C(=O)N[C@H](C)c2cccnc2)cn1. The van der Waals surface area contributed by atoms with Crippen molar-refractivity contribution in [2.24, 2.45) is 0 Å². The number of hydrogen-bond donors (Lipinski definition) is 2. The van der Waals surface area contributed by atoms with Gasteiger partial charge in [0.2, 0.25) is 0 Å². The molecule has 0 aliphatic carbocycles. The van der Waals surface area contributed by atoms with Crippen LogP contribution in [0.5, 0.6) is 0 Å². The lowest BCUT2D eigenvalue weighted by molar-refractivity contribution is 0.0939. The molecule has 2 N–H and O–H groups in total. The Morgan fingerprint density at radius 3 is 2.68 bits per heavy atom. The summed E-state index contributed by atoms with van der Waals surface area (Å²) in [4.78, 5) is 20.2. The van der Waals surface area contributed by atoms with Crippen molar-refractivity contribution in [3.63, 3.8) is 0 Å². The van der Waals surface area contributed by atoms with E-state index in [9.17, 15) is 4.79 Å². The summed E-state index contributed by atoms with van der Waals surface area (Å²) in [5, 5.41) is 5.82. The standard InChI is InChI=1S/C14H16N4O/c1-10(11-4-3-7-16-8-11)18-14(19)12-5-6-13(15-2)17-9-12/h3-10H,1-2H3,(H,15,17)(H,18,19)/t10-/m1/s1. The minimum atomic E-state index is -0.147. The molecule has 2 aromatic heterocycles. The van der Waals surface area contributed by atoms with Crippen molar-refractivity contribution in [1.29, 1.82) is 0 Å². The van der Waals surface area contributed by atoms with Crippen LogP contribution in [0, 0.1) is 0 Å². The van der Waals surface area contributed by atoms with Crippen LogP contribution in [0.25, 0.3) is 0 Å². The molecule has 0 unspecified atom stereocenters. The van der Waals surface area contributed by atoms with E-state index < -0.39 is 0 Å². The van der Waals surface area contributed by atoms with Crippen molar-refractivity contribution >= 4 is 11.7 Å². The lowest BCUT2D eigenvalue weighted by Crippen LogP contribution is -2.26. The number of amides is 1. The van der Waals surface area contributed by atoms with E-state index in [1.165, 1.54) is 0 Å². The maximum Gasteiger partial charge on any atom is 0.253 e. The van der Waals surface area contributed by atoms with Gasteiger partial charge in [-0.15, -0.1) is 0 Å². The third-order valence-corrected chi connectivity index (χ3v) is 2.81. The van der Waals surface area contributed by atoms with Gasteiger partial charge in [-0.25, -0.2) is 4.98 Å². The van der Waals surface area contributed by atoms with Gasteiger partial charge in [0.1, 0.15) is 5.82 Å². The Morgan fingerprint density at radius 2 is 2.11 bits per heavy atom. The molecule has 0 aromatic carbocycles. The zero-order valence-corrected chi connectivity index (χ0v) is 10.9. The second-order valence-electron chi connectivity index (χ2n) is 4.16. The molecule has 0 bridgehead atoms. The van der Waals surface area contributed by atoms with E-state index in [0.717, 1.165) is 11.4 Å². The van der Waals surface area contributed by atoms with Gasteiger partial charge in [-0.1, -0.05) is 6.07 Å². The van der Waals surface area contributed by atoms with Gasteiger partial charge in [0, 0.05) is 25.6 Å². The van der Waals surface area contributed by atoms with Crippen LogP contribution in [0.1, 0.15) is 28.9 Å². The molecule has 98 valence electrons. The fourth-order valence-electron chi connectivity index (χ4n) is 1.67. The number of hydrogen-bond acceptors (Lipinski definition) is 4. The van der Waals surface area contributed by atoms with Gasteiger partial charge in [0.15, 0.2) is 0 Å². The molecule has 0 aliphatic rings. The van der Waals surface area contributed by atoms with Crippen LogP contribution in [0.2, 0.25) is 0 Å². The predicted octanol–water partition coefficient (Wildman–Crippen LogP) is 2.01. The van der Waals surface area contributed by atoms with E-state index in [0.29, 0.717) is 5.56 Å². The van der Waals surface area contributed by atoms with Gasteiger partial charge in [0.25, 0.3) is 5.91 Å². The second-order valence-corrected chi connectivity index (χ2v) is 4.16. The summed E-state index contributed by atoms with van der Waals surface area (Å²) in [6.07, 6.45) is 5.00. The molecule has 1 atom stereocenters. The molecule has 0 fully saturated rings. The predicted molar refractivity (Wildman–Crippen MR) is 73.9 cm³/mol. The van der Waals surface area contributed by atoms with Gasteiger partial charge in [-0.3, -0.25) is 9.78 Å². The zero-order chi connectivity index (χ0) is 13.7. The van der Waals surface area contributed by atoms with Crippen molar-refractivity contribution in [3.8, 4) is 0 Å². The Hall–Kier alpha value is -2.43. The highest BCUT2D eigenvalue weighted by atomic mass is 16.1. The van der Waals surface area contributed by atoms with Crippen LogP contribution < -0.4 is 10.6 Å². The fraction of sp³-hybridized carbons (Fsp3) is 0.214. The van der Waals surface area contributed by atoms with Gasteiger partial charge < -0.3 is 10.6 Å². The lowest BCUT2D eigenvalue weighted by atomic mass is 10.1. The highest BCUT2D eigenvalue weighted by Crippen LogP contribution is 2.11. The quantitative estimate of drug-likeness (QED) is 0.878. The van der Waals surface area contributed by atoms with E-state index in [4.69, 9.17) is 0 Å². The number of carbonyl (C=O) groups is 1. The molecule has 1 amide bonds. The van der Waals surface area contributed by atoms with Gasteiger partial charge in [0.05, 0.1) is 11.6 Å². The van der Waals surface area contributed by atoms with Gasteiger partial charge in [-0.2, -0.15) is 0 Å². The first-order chi connectivity index (χ1) is 9.20. The summed E-state index contributed by atoms with van der Waals surface area (Å²) in [6, 6.07) is 7.19. The van der Waals surface area contributed by atoms with Crippen molar-refractivity contribution in [2.45, 2.75) is 13.0 Å². The van der Waals surface area contributed by atoms with Crippen LogP contribution in [0.4, 0.5) is 5.82 Å². The second kappa shape index (κ2) is 5.95. The first-order valence-electron chi connectivity index (χ1n) is 6.05. The third kappa shape index (κ3) is 3.28. The van der Waals surface area contributed by atoms with Crippen LogP contribution in [0.3, 0.4) is 0 Å². The average molecular weight is 256 g/mol. The van der Waals surface area contributed by atoms with Crippen molar-refractivity contribution in [2.75, 3.05) is 12.4 Å². The number of nitrogens with one attached hydrogen (secondary N) is 2. The molecule has 5 nitrogen and oxygen atoms in total. The minimum absolute atomic E-state index is 0.0924. The summed E-state index contributed by atoms with van der Waals surface area (Å²) < 4.78 is 0. The number of nitrogens with zero attached hydrogens (tertiary/aromatic N) is 2. The largest absolute Gasteiger partial charge is 0.373 e. The Labute approximate surface area is 112 Å². The maximum atomic E-state index is 12.0. The first-order valence-corrected chi connectivity index (χ1v) is 6.05. The molecule has 19 heavy (non-hydrogen) atoms. The summed E-state index contributed by atoms with van der Waals surface area (Å²) >= 11 is 0. The number of anilines is 1. The van der Waals surface area contributed by atoms with E-state index in [1.54, 1.807) is 37.8 Å². The number of aromatic nitrogens is 2.